The Bertz CT molecular complexity index is 724. The number of anilines is 1. The Morgan fingerprint density at radius 1 is 1.04 bits per heavy atom. The molecule has 0 aliphatic heterocycles. The number of para-hydroxylation sites is 2. The van der Waals surface area contributed by atoms with Crippen LogP contribution in [0.25, 0.3) is 0 Å². The molecule has 1 aliphatic carbocycles. The molecule has 4 heteroatoms. The van der Waals surface area contributed by atoms with Gasteiger partial charge in [0.2, 0.25) is 0 Å². The Hall–Kier alpha value is -2.33. The second kappa shape index (κ2) is 9.39. The maximum absolute atomic E-state index is 12.2. The molecule has 0 heterocycles. The van der Waals surface area contributed by atoms with Crippen molar-refractivity contribution in [2.45, 2.75) is 51.6 Å². The molecule has 1 amide bonds. The van der Waals surface area contributed by atoms with Gasteiger partial charge in [0.05, 0.1) is 0 Å². The molecule has 26 heavy (non-hydrogen) atoms. The lowest BCUT2D eigenvalue weighted by Crippen LogP contribution is -2.30. The molecule has 1 fully saturated rings. The average molecular weight is 352 g/mol. The topological polar surface area (TPSA) is 50.4 Å². The third-order valence-electron chi connectivity index (χ3n) is 4.94. The zero-order valence-electron chi connectivity index (χ0n) is 15.5. The molecule has 2 aromatic carbocycles. The fraction of sp³-hybridized carbons (Fsp3) is 0.409. The van der Waals surface area contributed by atoms with E-state index < -0.39 is 0 Å². The monoisotopic (exact) mass is 352 g/mol. The maximum atomic E-state index is 12.2. The predicted molar refractivity (Wildman–Crippen MR) is 105 cm³/mol. The maximum Gasteiger partial charge on any atom is 0.262 e. The Labute approximate surface area is 156 Å². The standard InChI is InChI=1S/C22H28N2O2/c1-17-9-5-7-13-20(17)24-22(25)16-26-21-14-8-6-10-18(21)15-23-19-11-3-2-4-12-19/h5-10,13-14,19,23H,2-4,11-12,15-16H2,1H3,(H,24,25). The zero-order valence-corrected chi connectivity index (χ0v) is 15.5. The minimum atomic E-state index is -0.144. The molecule has 3 rings (SSSR count). The third-order valence-corrected chi connectivity index (χ3v) is 4.94. The number of hydrogen-bond acceptors (Lipinski definition) is 3. The average Bonchev–Trinajstić information content (AvgIpc) is 2.68. The highest BCUT2D eigenvalue weighted by atomic mass is 16.5. The molecule has 138 valence electrons. The molecule has 0 bridgehead atoms. The van der Waals surface area contributed by atoms with Crippen LogP contribution in [-0.2, 0) is 11.3 Å². The highest BCUT2D eigenvalue weighted by Crippen LogP contribution is 2.21. The summed E-state index contributed by atoms with van der Waals surface area (Å²) in [5.41, 5.74) is 2.97. The minimum absolute atomic E-state index is 0.00871. The third kappa shape index (κ3) is 5.33. The van der Waals surface area contributed by atoms with E-state index >= 15 is 0 Å². The van der Waals surface area contributed by atoms with Crippen molar-refractivity contribution in [3.8, 4) is 5.75 Å². The Morgan fingerprint density at radius 3 is 2.58 bits per heavy atom. The lowest BCUT2D eigenvalue weighted by atomic mass is 9.95. The number of carbonyl (C=O) groups is 1. The van der Waals surface area contributed by atoms with Gasteiger partial charge < -0.3 is 15.4 Å². The molecule has 0 saturated heterocycles. The van der Waals surface area contributed by atoms with Crippen LogP contribution in [-0.4, -0.2) is 18.6 Å². The Kier molecular flexibility index (Phi) is 6.67. The first-order chi connectivity index (χ1) is 12.7. The molecular formula is C22H28N2O2. The molecule has 0 aromatic heterocycles. The van der Waals surface area contributed by atoms with Crippen LogP contribution in [0.2, 0.25) is 0 Å². The molecule has 1 saturated carbocycles. The molecule has 2 N–H and O–H groups in total. The van der Waals surface area contributed by atoms with Gasteiger partial charge in [0, 0.05) is 23.8 Å². The quantitative estimate of drug-likeness (QED) is 0.775. The van der Waals surface area contributed by atoms with Crippen molar-refractivity contribution >= 4 is 11.6 Å². The summed E-state index contributed by atoms with van der Waals surface area (Å²) in [6.07, 6.45) is 6.49. The first kappa shape index (κ1) is 18.5. The SMILES string of the molecule is Cc1ccccc1NC(=O)COc1ccccc1CNC1CCCCC1. The van der Waals surface area contributed by atoms with E-state index in [-0.39, 0.29) is 12.5 Å². The molecule has 0 spiro atoms. The van der Waals surface area contributed by atoms with Gasteiger partial charge in [-0.05, 0) is 37.5 Å². The molecular weight excluding hydrogens is 324 g/mol. The number of benzene rings is 2. The molecule has 0 atom stereocenters. The van der Waals surface area contributed by atoms with Crippen molar-refractivity contribution in [2.24, 2.45) is 0 Å². The summed E-state index contributed by atoms with van der Waals surface area (Å²) in [6, 6.07) is 16.3. The number of amides is 1. The first-order valence-corrected chi connectivity index (χ1v) is 9.52. The summed E-state index contributed by atoms with van der Waals surface area (Å²) < 4.78 is 5.80. The Balaban J connectivity index is 1.52. The summed E-state index contributed by atoms with van der Waals surface area (Å²) in [7, 11) is 0. The summed E-state index contributed by atoms with van der Waals surface area (Å²) >= 11 is 0. The number of aryl methyl sites for hydroxylation is 1. The van der Waals surface area contributed by atoms with E-state index in [1.165, 1.54) is 32.1 Å². The van der Waals surface area contributed by atoms with Crippen molar-refractivity contribution in [2.75, 3.05) is 11.9 Å². The van der Waals surface area contributed by atoms with Crippen LogP contribution in [0.3, 0.4) is 0 Å². The van der Waals surface area contributed by atoms with Crippen LogP contribution < -0.4 is 15.4 Å². The fourth-order valence-corrected chi connectivity index (χ4v) is 3.39. The van der Waals surface area contributed by atoms with Gasteiger partial charge in [0.25, 0.3) is 5.91 Å². The smallest absolute Gasteiger partial charge is 0.262 e. The summed E-state index contributed by atoms with van der Waals surface area (Å²) in [4.78, 5) is 12.2. The second-order valence-electron chi connectivity index (χ2n) is 6.98. The number of nitrogens with one attached hydrogen (secondary N) is 2. The molecule has 2 aromatic rings. The van der Waals surface area contributed by atoms with E-state index in [1.54, 1.807) is 0 Å². The van der Waals surface area contributed by atoms with Crippen LogP contribution in [0.1, 0.15) is 43.2 Å². The molecule has 0 radical (unpaired) electrons. The largest absolute Gasteiger partial charge is 0.483 e. The number of hydrogen-bond donors (Lipinski definition) is 2. The number of carbonyl (C=O) groups excluding carboxylic acids is 1. The fourth-order valence-electron chi connectivity index (χ4n) is 3.39. The highest BCUT2D eigenvalue weighted by Gasteiger charge is 2.14. The molecule has 1 aliphatic rings. The minimum Gasteiger partial charge on any atom is -0.483 e. The van der Waals surface area contributed by atoms with Gasteiger partial charge in [-0.1, -0.05) is 55.7 Å². The Morgan fingerprint density at radius 2 is 1.77 bits per heavy atom. The van der Waals surface area contributed by atoms with Crippen LogP contribution in [0.5, 0.6) is 5.75 Å². The number of rotatable bonds is 7. The van der Waals surface area contributed by atoms with Crippen LogP contribution in [0.4, 0.5) is 5.69 Å². The lowest BCUT2D eigenvalue weighted by molar-refractivity contribution is -0.118. The van der Waals surface area contributed by atoms with E-state index in [4.69, 9.17) is 4.74 Å². The predicted octanol–water partition coefficient (Wildman–Crippen LogP) is 4.43. The van der Waals surface area contributed by atoms with Crippen molar-refractivity contribution in [3.63, 3.8) is 0 Å². The van der Waals surface area contributed by atoms with Crippen LogP contribution >= 0.6 is 0 Å². The van der Waals surface area contributed by atoms with E-state index in [0.717, 1.165) is 29.1 Å². The van der Waals surface area contributed by atoms with Crippen LogP contribution in [0, 0.1) is 6.92 Å². The first-order valence-electron chi connectivity index (χ1n) is 9.52. The van der Waals surface area contributed by atoms with E-state index in [9.17, 15) is 4.79 Å². The van der Waals surface area contributed by atoms with Gasteiger partial charge in [-0.25, -0.2) is 0 Å². The highest BCUT2D eigenvalue weighted by molar-refractivity contribution is 5.92. The van der Waals surface area contributed by atoms with Gasteiger partial charge >= 0.3 is 0 Å². The van der Waals surface area contributed by atoms with Gasteiger partial charge in [-0.15, -0.1) is 0 Å². The van der Waals surface area contributed by atoms with Crippen molar-refractivity contribution in [3.05, 3.63) is 59.7 Å². The number of ether oxygens (including phenoxy) is 1. The van der Waals surface area contributed by atoms with Crippen molar-refractivity contribution in [1.82, 2.24) is 5.32 Å². The lowest BCUT2D eigenvalue weighted by Gasteiger charge is -2.23. The van der Waals surface area contributed by atoms with Gasteiger partial charge in [-0.2, -0.15) is 0 Å². The van der Waals surface area contributed by atoms with E-state index in [0.29, 0.717) is 6.04 Å². The van der Waals surface area contributed by atoms with Crippen LogP contribution in [0.15, 0.2) is 48.5 Å². The van der Waals surface area contributed by atoms with Crippen molar-refractivity contribution < 1.29 is 9.53 Å². The van der Waals surface area contributed by atoms with Crippen molar-refractivity contribution in [1.29, 1.82) is 0 Å². The second-order valence-corrected chi connectivity index (χ2v) is 6.98. The van der Waals surface area contributed by atoms with Gasteiger partial charge in [-0.3, -0.25) is 4.79 Å². The molecule has 4 nitrogen and oxygen atoms in total. The zero-order chi connectivity index (χ0) is 18.2. The summed E-state index contributed by atoms with van der Waals surface area (Å²) in [5, 5.41) is 6.54. The molecule has 0 unspecified atom stereocenters. The van der Waals surface area contributed by atoms with Gasteiger partial charge in [0.1, 0.15) is 5.75 Å². The normalized spacial score (nSPS) is 14.8. The van der Waals surface area contributed by atoms with E-state index in [1.807, 2.05) is 49.4 Å². The summed E-state index contributed by atoms with van der Waals surface area (Å²) in [6.45, 7) is 2.76. The summed E-state index contributed by atoms with van der Waals surface area (Å²) in [5.74, 6) is 0.630. The van der Waals surface area contributed by atoms with E-state index in [2.05, 4.69) is 16.7 Å². The van der Waals surface area contributed by atoms with Gasteiger partial charge in [0.15, 0.2) is 6.61 Å².